The van der Waals surface area contributed by atoms with Crippen molar-refractivity contribution in [3.63, 3.8) is 0 Å². The van der Waals surface area contributed by atoms with E-state index in [1.807, 2.05) is 24.0 Å². The molecule has 4 rings (SSSR count). The van der Waals surface area contributed by atoms with Crippen molar-refractivity contribution in [2.45, 2.75) is 32.2 Å². The molecule has 1 aliphatic heterocycles. The second-order valence-corrected chi connectivity index (χ2v) is 7.90. The van der Waals surface area contributed by atoms with Gasteiger partial charge in [-0.25, -0.2) is 4.98 Å². The molecule has 2 N–H and O–H groups in total. The number of amides is 1. The van der Waals surface area contributed by atoms with Gasteiger partial charge in [0.2, 0.25) is 0 Å². The summed E-state index contributed by atoms with van der Waals surface area (Å²) in [4.78, 5) is 23.8. The number of nitrogens with zero attached hydrogens (tertiary/aromatic N) is 3. The van der Waals surface area contributed by atoms with Crippen molar-refractivity contribution >= 4 is 17.4 Å². The molecular weight excluding hydrogens is 449 g/mol. The lowest BCUT2D eigenvalue weighted by Crippen LogP contribution is -2.23. The second-order valence-electron chi connectivity index (χ2n) is 7.90. The number of aliphatic hydroxyl groups is 1. The van der Waals surface area contributed by atoms with E-state index in [4.69, 9.17) is 0 Å². The molecule has 0 bridgehead atoms. The average molecular weight is 472 g/mol. The molecule has 0 saturated carbocycles. The number of hydrogen-bond donors (Lipinski definition) is 2. The number of pyridine rings is 2. The van der Waals surface area contributed by atoms with Crippen molar-refractivity contribution in [1.82, 2.24) is 9.97 Å². The van der Waals surface area contributed by atoms with Crippen LogP contribution >= 0.6 is 0 Å². The van der Waals surface area contributed by atoms with Crippen molar-refractivity contribution in [3.8, 4) is 16.9 Å². The van der Waals surface area contributed by atoms with Crippen LogP contribution in [0.1, 0.15) is 29.4 Å². The number of carbonyl (C=O) groups excluding carboxylic acids is 1. The zero-order valence-corrected chi connectivity index (χ0v) is 18.3. The van der Waals surface area contributed by atoms with Crippen LogP contribution < -0.4 is 15.0 Å². The smallest absolute Gasteiger partial charge is 0.406 e. The van der Waals surface area contributed by atoms with Gasteiger partial charge >= 0.3 is 6.36 Å². The molecule has 1 aromatic carbocycles. The molecule has 0 unspecified atom stereocenters. The van der Waals surface area contributed by atoms with E-state index in [9.17, 15) is 23.1 Å². The summed E-state index contributed by atoms with van der Waals surface area (Å²) in [5, 5.41) is 12.6. The average Bonchev–Trinajstić information content (AvgIpc) is 3.25. The summed E-state index contributed by atoms with van der Waals surface area (Å²) >= 11 is 0. The number of anilines is 2. The molecule has 178 valence electrons. The topological polar surface area (TPSA) is 87.6 Å². The first kappa shape index (κ1) is 23.5. The quantitative estimate of drug-likeness (QED) is 0.552. The molecular formula is C24H23F3N4O3. The van der Waals surface area contributed by atoms with Gasteiger partial charge in [-0.1, -0.05) is 13.0 Å². The van der Waals surface area contributed by atoms with Crippen molar-refractivity contribution in [2.24, 2.45) is 0 Å². The summed E-state index contributed by atoms with van der Waals surface area (Å²) in [7, 11) is 0. The number of hydrogen-bond acceptors (Lipinski definition) is 6. The summed E-state index contributed by atoms with van der Waals surface area (Å²) in [6, 6.07) is 10.4. The van der Waals surface area contributed by atoms with Crippen LogP contribution in [0.25, 0.3) is 11.1 Å². The van der Waals surface area contributed by atoms with E-state index in [0.29, 0.717) is 36.6 Å². The maximum Gasteiger partial charge on any atom is 0.573 e. The fourth-order valence-electron chi connectivity index (χ4n) is 3.72. The predicted octanol–water partition coefficient (Wildman–Crippen LogP) is 4.43. The maximum absolute atomic E-state index is 12.9. The molecule has 1 aliphatic rings. The van der Waals surface area contributed by atoms with Crippen LogP contribution in [-0.2, 0) is 6.42 Å². The van der Waals surface area contributed by atoms with Gasteiger partial charge in [0.25, 0.3) is 5.91 Å². The summed E-state index contributed by atoms with van der Waals surface area (Å²) < 4.78 is 40.9. The molecule has 1 saturated heterocycles. The van der Waals surface area contributed by atoms with E-state index < -0.39 is 18.4 Å². The van der Waals surface area contributed by atoms with Gasteiger partial charge in [0.15, 0.2) is 0 Å². The molecule has 0 radical (unpaired) electrons. The van der Waals surface area contributed by atoms with Gasteiger partial charge < -0.3 is 20.1 Å². The van der Waals surface area contributed by atoms with Gasteiger partial charge in [0.05, 0.1) is 11.7 Å². The van der Waals surface area contributed by atoms with Gasteiger partial charge in [0.1, 0.15) is 11.6 Å². The van der Waals surface area contributed by atoms with Gasteiger partial charge in [-0.2, -0.15) is 0 Å². The minimum atomic E-state index is -4.79. The lowest BCUT2D eigenvalue weighted by molar-refractivity contribution is -0.274. The van der Waals surface area contributed by atoms with E-state index in [1.54, 1.807) is 12.3 Å². The molecule has 2 aromatic heterocycles. The largest absolute Gasteiger partial charge is 0.573 e. The maximum atomic E-state index is 12.9. The minimum absolute atomic E-state index is 0.272. The lowest BCUT2D eigenvalue weighted by atomic mass is 10.0. The Hall–Kier alpha value is -3.66. The van der Waals surface area contributed by atoms with Crippen molar-refractivity contribution in [1.29, 1.82) is 0 Å². The molecule has 1 atom stereocenters. The Balaban J connectivity index is 1.59. The Kier molecular flexibility index (Phi) is 6.69. The monoisotopic (exact) mass is 472 g/mol. The van der Waals surface area contributed by atoms with Crippen molar-refractivity contribution in [3.05, 3.63) is 66.1 Å². The first-order chi connectivity index (χ1) is 16.2. The number of ether oxygens (including phenoxy) is 1. The molecule has 1 amide bonds. The highest BCUT2D eigenvalue weighted by Gasteiger charge is 2.31. The van der Waals surface area contributed by atoms with E-state index in [-0.39, 0.29) is 11.3 Å². The van der Waals surface area contributed by atoms with E-state index in [0.717, 1.165) is 29.8 Å². The van der Waals surface area contributed by atoms with Crippen molar-refractivity contribution < 1.29 is 27.8 Å². The third-order valence-corrected chi connectivity index (χ3v) is 5.44. The normalized spacial score (nSPS) is 15.9. The number of halogens is 3. The number of aromatic nitrogens is 2. The highest BCUT2D eigenvalue weighted by Crippen LogP contribution is 2.32. The molecule has 10 heteroatoms. The zero-order chi connectivity index (χ0) is 24.3. The number of alkyl halides is 3. The Labute approximate surface area is 194 Å². The van der Waals surface area contributed by atoms with Gasteiger partial charge in [0, 0.05) is 48.0 Å². The summed E-state index contributed by atoms with van der Waals surface area (Å²) in [6.45, 7) is 3.09. The number of aliphatic hydroxyl groups excluding tert-OH is 1. The molecule has 1 fully saturated rings. The Morgan fingerprint density at radius 3 is 2.53 bits per heavy atom. The zero-order valence-electron chi connectivity index (χ0n) is 18.3. The van der Waals surface area contributed by atoms with Gasteiger partial charge in [-0.05, 0) is 49.2 Å². The van der Waals surface area contributed by atoms with Crippen LogP contribution in [0.4, 0.5) is 24.7 Å². The fourth-order valence-corrected chi connectivity index (χ4v) is 3.72. The van der Waals surface area contributed by atoms with E-state index in [1.165, 1.54) is 18.3 Å². The van der Waals surface area contributed by atoms with Crippen LogP contribution in [0.3, 0.4) is 0 Å². The molecule has 34 heavy (non-hydrogen) atoms. The lowest BCUT2D eigenvalue weighted by Gasteiger charge is -2.21. The van der Waals surface area contributed by atoms with Crippen molar-refractivity contribution in [2.75, 3.05) is 23.3 Å². The summed E-state index contributed by atoms with van der Waals surface area (Å²) in [6.07, 6.45) is -0.642. The summed E-state index contributed by atoms with van der Waals surface area (Å²) in [5.74, 6) is -0.202. The standard InChI is InChI=1S/C24H23F3N4O3/c1-2-17-4-3-15(12-28-17)21-11-16(13-29-22(21)31-10-9-19(32)14-31)23(33)30-18-5-7-20(8-6-18)34-24(25,26)27/h3-8,11-13,19,32H,2,9-10,14H2,1H3,(H,30,33)/t19-/m1/s1. The van der Waals surface area contributed by atoms with Gasteiger partial charge in [-0.3, -0.25) is 9.78 Å². The highest BCUT2D eigenvalue weighted by atomic mass is 19.4. The second kappa shape index (κ2) is 9.68. The Bertz CT molecular complexity index is 1150. The SMILES string of the molecule is CCc1ccc(-c2cc(C(=O)Nc3ccc(OC(F)(F)F)cc3)cnc2N2CC[C@@H](O)C2)cn1. The van der Waals surface area contributed by atoms with E-state index in [2.05, 4.69) is 20.0 Å². The third-order valence-electron chi connectivity index (χ3n) is 5.44. The van der Waals surface area contributed by atoms with Crippen LogP contribution in [0.2, 0.25) is 0 Å². The number of aryl methyl sites for hydroxylation is 1. The minimum Gasteiger partial charge on any atom is -0.406 e. The molecule has 7 nitrogen and oxygen atoms in total. The number of rotatable bonds is 6. The fraction of sp³-hybridized carbons (Fsp3) is 0.292. The number of carbonyl (C=O) groups is 1. The van der Waals surface area contributed by atoms with Crippen LogP contribution in [0.5, 0.6) is 5.75 Å². The highest BCUT2D eigenvalue weighted by molar-refractivity contribution is 6.05. The first-order valence-corrected chi connectivity index (χ1v) is 10.8. The number of benzene rings is 1. The Morgan fingerprint density at radius 1 is 1.18 bits per heavy atom. The summed E-state index contributed by atoms with van der Waals surface area (Å²) in [5.41, 5.74) is 2.99. The van der Waals surface area contributed by atoms with Gasteiger partial charge in [-0.15, -0.1) is 13.2 Å². The van der Waals surface area contributed by atoms with Crippen LogP contribution in [0.15, 0.2) is 54.9 Å². The molecule has 3 heterocycles. The molecule has 0 spiro atoms. The van der Waals surface area contributed by atoms with E-state index >= 15 is 0 Å². The molecule has 0 aliphatic carbocycles. The van der Waals surface area contributed by atoms with Crippen LogP contribution in [0, 0.1) is 0 Å². The molecule has 3 aromatic rings. The third kappa shape index (κ3) is 5.63. The first-order valence-electron chi connectivity index (χ1n) is 10.8. The number of nitrogens with one attached hydrogen (secondary N) is 1. The Morgan fingerprint density at radius 2 is 1.94 bits per heavy atom. The van der Waals surface area contributed by atoms with Crippen LogP contribution in [-0.4, -0.2) is 46.5 Å². The predicted molar refractivity (Wildman–Crippen MR) is 121 cm³/mol. The number of β-amino-alcohol motifs (C(OH)–C–C–N with tert-alkyl or cyclic N) is 1.